The Labute approximate surface area is 323 Å². The van der Waals surface area contributed by atoms with Crippen LogP contribution in [0.1, 0.15) is 89.6 Å². The molecule has 51 heavy (non-hydrogen) atoms. The van der Waals surface area contributed by atoms with E-state index in [9.17, 15) is 0 Å². The van der Waals surface area contributed by atoms with E-state index in [4.69, 9.17) is 0 Å². The third kappa shape index (κ3) is 12.7. The summed E-state index contributed by atoms with van der Waals surface area (Å²) in [5.74, 6) is 0.712. The Morgan fingerprint density at radius 2 is 1.06 bits per heavy atom. The number of aryl methyl sites for hydroxylation is 2. The van der Waals surface area contributed by atoms with Crippen LogP contribution in [-0.4, -0.2) is 3.26 Å². The van der Waals surface area contributed by atoms with E-state index in [-0.39, 0.29) is 10.8 Å². The molecule has 1 aliphatic carbocycles. The first kappa shape index (κ1) is 40.0. The number of benzene rings is 5. The summed E-state index contributed by atoms with van der Waals surface area (Å²) in [6.45, 7) is 18.2. The second kappa shape index (κ2) is 19.1. The molecule has 0 aromatic heterocycles. The number of hydrogen-bond donors (Lipinski definition) is 0. The van der Waals surface area contributed by atoms with Crippen LogP contribution in [0.4, 0.5) is 0 Å². The molecule has 0 saturated carbocycles. The van der Waals surface area contributed by atoms with E-state index >= 15 is 0 Å². The van der Waals surface area contributed by atoms with Crippen LogP contribution in [0, 0.1) is 12.0 Å². The van der Waals surface area contributed by atoms with Gasteiger partial charge in [-0.15, -0.1) is 46.2 Å². The number of hydrogen-bond acceptors (Lipinski definition) is 0. The van der Waals surface area contributed by atoms with Crippen molar-refractivity contribution in [1.82, 2.24) is 0 Å². The first-order chi connectivity index (χ1) is 24.3. The van der Waals surface area contributed by atoms with E-state index in [1.807, 2.05) is 12.2 Å². The van der Waals surface area contributed by atoms with Gasteiger partial charge in [0.1, 0.15) is 0 Å². The summed E-state index contributed by atoms with van der Waals surface area (Å²) < 4.78 is 1.60. The summed E-state index contributed by atoms with van der Waals surface area (Å²) in [7, 11) is 0. The Morgan fingerprint density at radius 3 is 1.39 bits per heavy atom. The Hall–Kier alpha value is -3.81. The van der Waals surface area contributed by atoms with Crippen molar-refractivity contribution < 1.29 is 23.9 Å². The fraction of sp³-hybridized carbons (Fsp3) is 0.280. The van der Waals surface area contributed by atoms with Crippen LogP contribution < -0.4 is 0 Å². The molecular weight excluding hydrogens is 779 g/mol. The monoisotopic (exact) mass is 836 g/mol. The fourth-order valence-electron chi connectivity index (χ4n) is 5.82. The molecule has 0 fully saturated rings. The summed E-state index contributed by atoms with van der Waals surface area (Å²) in [5, 5.41) is 5.48. The zero-order chi connectivity index (χ0) is 36.9. The van der Waals surface area contributed by atoms with Crippen molar-refractivity contribution in [2.75, 3.05) is 0 Å². The molecule has 0 nitrogen and oxygen atoms in total. The second-order valence-electron chi connectivity index (χ2n) is 15.7. The largest absolute Gasteiger partial charge is 0.273 e. The van der Waals surface area contributed by atoms with Gasteiger partial charge in [-0.2, -0.15) is 6.08 Å². The van der Waals surface area contributed by atoms with E-state index in [1.54, 1.807) is 3.26 Å². The fourth-order valence-corrected chi connectivity index (χ4v) is 6.42. The SMILES string of the molecule is CC(C)(C)c1ccc2c(c1)[cH-]c1cc(C(C)(C)C)ccc12.CC(C)[C](=[Hf+2])c1ccccc1.[C-]1=CC=CC1.c1ccc(CCc2ccccc2)cc1. The third-order valence-corrected chi connectivity index (χ3v) is 12.2. The minimum absolute atomic E-state index is 0.203. The molecule has 0 heterocycles. The van der Waals surface area contributed by atoms with Crippen LogP contribution in [0.3, 0.4) is 0 Å². The quantitative estimate of drug-likeness (QED) is 0.120. The van der Waals surface area contributed by atoms with E-state index < -0.39 is 0 Å². The van der Waals surface area contributed by atoms with Gasteiger partial charge in [-0.05, 0) is 34.8 Å². The minimum Gasteiger partial charge on any atom is -0.273 e. The molecule has 1 aliphatic rings. The maximum atomic E-state index is 2.99. The predicted molar refractivity (Wildman–Crippen MR) is 222 cm³/mol. The number of fused-ring (bicyclic) bond motifs is 3. The molecule has 0 spiro atoms. The summed E-state index contributed by atoms with van der Waals surface area (Å²) in [4.78, 5) is 0. The summed E-state index contributed by atoms with van der Waals surface area (Å²) in [5.41, 5.74) is 7.46. The Balaban J connectivity index is 0.000000168. The first-order valence-corrected chi connectivity index (χ1v) is 20.2. The van der Waals surface area contributed by atoms with E-state index in [2.05, 4.69) is 201 Å². The maximum Gasteiger partial charge on any atom is -0.0238 e. The molecule has 0 amide bonds. The number of rotatable bonds is 5. The predicted octanol–water partition coefficient (Wildman–Crippen LogP) is 13.5. The van der Waals surface area contributed by atoms with Crippen LogP contribution in [0.5, 0.6) is 0 Å². The second-order valence-corrected chi connectivity index (χ2v) is 17.6. The Kier molecular flexibility index (Phi) is 15.0. The molecule has 1 heteroatoms. The van der Waals surface area contributed by atoms with Crippen molar-refractivity contribution >= 4 is 24.8 Å². The van der Waals surface area contributed by atoms with E-state index in [0.717, 1.165) is 19.3 Å². The molecule has 0 aliphatic heterocycles. The van der Waals surface area contributed by atoms with Crippen LogP contribution in [0.15, 0.2) is 152 Å². The van der Waals surface area contributed by atoms with E-state index in [1.165, 1.54) is 73.3 Å². The molecule has 0 atom stereocenters. The Morgan fingerprint density at radius 1 is 0.627 bits per heavy atom. The molecule has 0 saturated heterocycles. The molecule has 0 bridgehead atoms. The van der Waals surface area contributed by atoms with Crippen molar-refractivity contribution in [3.05, 3.63) is 186 Å². The van der Waals surface area contributed by atoms with E-state index in [0.29, 0.717) is 5.92 Å². The van der Waals surface area contributed by atoms with Crippen molar-refractivity contribution in [1.29, 1.82) is 0 Å². The molecule has 6 aromatic rings. The van der Waals surface area contributed by atoms with Gasteiger partial charge in [-0.1, -0.05) is 138 Å². The molecule has 0 radical (unpaired) electrons. The van der Waals surface area contributed by atoms with Gasteiger partial charge in [0.25, 0.3) is 0 Å². The van der Waals surface area contributed by atoms with Crippen LogP contribution in [0.2, 0.25) is 0 Å². The Bertz CT molecular complexity index is 1870. The molecular formula is C50H56Hf. The average molecular weight is 835 g/mol. The van der Waals surface area contributed by atoms with Crippen LogP contribution in [-0.2, 0) is 47.6 Å². The summed E-state index contributed by atoms with van der Waals surface area (Å²) in [6.07, 6.45) is 12.3. The van der Waals surface area contributed by atoms with Gasteiger partial charge in [0.2, 0.25) is 0 Å². The topological polar surface area (TPSA) is 0 Å². The van der Waals surface area contributed by atoms with Crippen molar-refractivity contribution in [3.63, 3.8) is 0 Å². The normalized spacial score (nSPS) is 12.1. The minimum atomic E-state index is 0.203. The van der Waals surface area contributed by atoms with Gasteiger partial charge in [0.15, 0.2) is 0 Å². The van der Waals surface area contributed by atoms with Gasteiger partial charge in [0, 0.05) is 0 Å². The molecule has 6 aromatic carbocycles. The molecule has 7 rings (SSSR count). The number of allylic oxidation sites excluding steroid dienone is 4. The van der Waals surface area contributed by atoms with Crippen molar-refractivity contribution in [3.8, 4) is 0 Å². The van der Waals surface area contributed by atoms with Crippen molar-refractivity contribution in [2.45, 2.75) is 85.5 Å². The average Bonchev–Trinajstić information content (AvgIpc) is 3.83. The summed E-state index contributed by atoms with van der Waals surface area (Å²) in [6, 6.07) is 48.1. The van der Waals surface area contributed by atoms with Gasteiger partial charge in [-0.25, -0.2) is 12.2 Å². The zero-order valence-corrected chi connectivity index (χ0v) is 35.7. The van der Waals surface area contributed by atoms with Gasteiger partial charge in [-0.3, -0.25) is 6.08 Å². The molecule has 0 unspecified atom stereocenters. The van der Waals surface area contributed by atoms with Crippen molar-refractivity contribution in [2.24, 2.45) is 5.92 Å². The smallest absolute Gasteiger partial charge is 0.0238 e. The van der Waals surface area contributed by atoms with Crippen LogP contribution >= 0.6 is 0 Å². The van der Waals surface area contributed by atoms with Gasteiger partial charge in [0.05, 0.1) is 0 Å². The third-order valence-electron chi connectivity index (χ3n) is 9.07. The molecule has 0 N–H and O–H groups in total. The maximum absolute atomic E-state index is 2.99. The molecule has 260 valence electrons. The van der Waals surface area contributed by atoms with Gasteiger partial charge < -0.3 is 0 Å². The van der Waals surface area contributed by atoms with Gasteiger partial charge >= 0.3 is 82.8 Å². The zero-order valence-electron chi connectivity index (χ0n) is 32.1. The first-order valence-electron chi connectivity index (χ1n) is 18.4. The summed E-state index contributed by atoms with van der Waals surface area (Å²) >= 11 is 1.18. The van der Waals surface area contributed by atoms with Crippen LogP contribution in [0.25, 0.3) is 21.5 Å². The standard InChI is InChI=1S/C21H25.C14H14.C10H12.C5H5.Hf/c1-20(2,3)16-7-9-18-14(12-16)11-15-13-17(21(4,5)6)8-10-19(15)18;1-3-7-13(8-4-1)11-12-14-9-5-2-6-10-14;1-9(2)8-10-6-4-3-5-7-10;1-2-4-5-3-1;/h7-13H,1-6H3;1-10H,11-12H2;3-7,9H,1-2H3;1-3H,4H2;/q-1;;;-1;+2.